The molecule has 3 N–H and O–H groups in total. The molecule has 0 aromatic carbocycles. The molecule has 2 aliphatic heterocycles. The summed E-state index contributed by atoms with van der Waals surface area (Å²) in [6.07, 6.45) is 0.582. The van der Waals surface area contributed by atoms with Gasteiger partial charge in [0.15, 0.2) is 0 Å². The Kier molecular flexibility index (Phi) is 3.23. The van der Waals surface area contributed by atoms with Crippen molar-refractivity contribution < 1.29 is 9.53 Å². The highest BCUT2D eigenvalue weighted by molar-refractivity contribution is 5.82. The third kappa shape index (κ3) is 2.14. The maximum atomic E-state index is 12.1. The highest BCUT2D eigenvalue weighted by Gasteiger charge is 2.35. The maximum absolute atomic E-state index is 12.1. The zero-order chi connectivity index (χ0) is 10.8. The van der Waals surface area contributed by atoms with Crippen LogP contribution in [-0.2, 0) is 9.53 Å². The van der Waals surface area contributed by atoms with Crippen molar-refractivity contribution in [2.45, 2.75) is 31.5 Å². The average molecular weight is 213 g/mol. The van der Waals surface area contributed by atoms with Crippen molar-refractivity contribution in [2.75, 3.05) is 26.2 Å². The van der Waals surface area contributed by atoms with Crippen LogP contribution >= 0.6 is 0 Å². The van der Waals surface area contributed by atoms with E-state index in [2.05, 4.69) is 5.32 Å². The normalized spacial score (nSPS) is 36.9. The predicted molar refractivity (Wildman–Crippen MR) is 56.4 cm³/mol. The van der Waals surface area contributed by atoms with Crippen LogP contribution in [0.3, 0.4) is 0 Å². The summed E-state index contributed by atoms with van der Waals surface area (Å²) in [5, 5.41) is 3.16. The zero-order valence-corrected chi connectivity index (χ0v) is 9.11. The van der Waals surface area contributed by atoms with Crippen molar-refractivity contribution in [2.24, 2.45) is 5.73 Å². The Morgan fingerprint density at radius 1 is 1.60 bits per heavy atom. The molecule has 3 unspecified atom stereocenters. The van der Waals surface area contributed by atoms with Crippen molar-refractivity contribution in [1.82, 2.24) is 10.2 Å². The van der Waals surface area contributed by atoms with Crippen LogP contribution in [0, 0.1) is 0 Å². The quantitative estimate of drug-likeness (QED) is 0.581. The Hall–Kier alpha value is -0.650. The van der Waals surface area contributed by atoms with Gasteiger partial charge >= 0.3 is 0 Å². The molecule has 15 heavy (non-hydrogen) atoms. The molecule has 2 heterocycles. The van der Waals surface area contributed by atoms with Gasteiger partial charge in [-0.05, 0) is 13.3 Å². The first kappa shape index (κ1) is 10.9. The first-order valence-corrected chi connectivity index (χ1v) is 5.58. The number of carbonyl (C=O) groups is 1. The van der Waals surface area contributed by atoms with Gasteiger partial charge in [0.25, 0.3) is 5.91 Å². The van der Waals surface area contributed by atoms with Crippen LogP contribution < -0.4 is 11.1 Å². The van der Waals surface area contributed by atoms with Crippen molar-refractivity contribution in [1.29, 1.82) is 0 Å². The highest BCUT2D eigenvalue weighted by atomic mass is 16.5. The molecular formula is C10H19N3O2. The number of carbonyl (C=O) groups excluding carboxylic acids is 1. The van der Waals surface area contributed by atoms with Crippen LogP contribution in [0.15, 0.2) is 0 Å². The van der Waals surface area contributed by atoms with E-state index in [1.165, 1.54) is 0 Å². The summed E-state index contributed by atoms with van der Waals surface area (Å²) in [5.41, 5.74) is 5.89. The molecule has 0 aromatic rings. The summed E-state index contributed by atoms with van der Waals surface area (Å²) in [6.45, 7) is 4.84. The van der Waals surface area contributed by atoms with Crippen molar-refractivity contribution in [3.63, 3.8) is 0 Å². The molecule has 2 saturated heterocycles. The van der Waals surface area contributed by atoms with Gasteiger partial charge in [0, 0.05) is 31.7 Å². The lowest BCUT2D eigenvalue weighted by Crippen LogP contribution is -2.51. The van der Waals surface area contributed by atoms with E-state index in [-0.39, 0.29) is 24.1 Å². The number of rotatable bonds is 1. The number of morpholine rings is 1. The summed E-state index contributed by atoms with van der Waals surface area (Å²) in [7, 11) is 0. The largest absolute Gasteiger partial charge is 0.366 e. The number of hydrogen-bond acceptors (Lipinski definition) is 4. The van der Waals surface area contributed by atoms with Crippen LogP contribution in [0.5, 0.6) is 0 Å². The number of nitrogens with zero attached hydrogens (tertiary/aromatic N) is 1. The molecule has 0 saturated carbocycles. The second-order valence-electron chi connectivity index (χ2n) is 4.29. The topological polar surface area (TPSA) is 67.6 Å². The van der Waals surface area contributed by atoms with Crippen molar-refractivity contribution in [3.8, 4) is 0 Å². The highest BCUT2D eigenvalue weighted by Crippen LogP contribution is 2.17. The van der Waals surface area contributed by atoms with E-state index in [0.29, 0.717) is 13.2 Å². The molecule has 86 valence electrons. The Balaban J connectivity index is 1.95. The van der Waals surface area contributed by atoms with E-state index in [0.717, 1.165) is 19.5 Å². The molecule has 1 amide bonds. The van der Waals surface area contributed by atoms with Crippen LogP contribution in [0.4, 0.5) is 0 Å². The summed E-state index contributed by atoms with van der Waals surface area (Å²) in [4.78, 5) is 13.9. The lowest BCUT2D eigenvalue weighted by molar-refractivity contribution is -0.145. The van der Waals surface area contributed by atoms with Crippen LogP contribution in [0.1, 0.15) is 13.3 Å². The van der Waals surface area contributed by atoms with Gasteiger partial charge in [-0.25, -0.2) is 0 Å². The van der Waals surface area contributed by atoms with Gasteiger partial charge in [-0.3, -0.25) is 4.79 Å². The van der Waals surface area contributed by atoms with Crippen LogP contribution in [-0.4, -0.2) is 55.2 Å². The predicted octanol–water partition coefficient (Wildman–Crippen LogP) is -1.08. The number of likely N-dealkylation sites (tertiary alicyclic amines) is 1. The fourth-order valence-electron chi connectivity index (χ4n) is 2.18. The number of hydrogen-bond donors (Lipinski definition) is 2. The fourth-order valence-corrected chi connectivity index (χ4v) is 2.18. The minimum Gasteiger partial charge on any atom is -0.366 e. The molecule has 2 rings (SSSR count). The number of nitrogens with one attached hydrogen (secondary N) is 1. The molecule has 3 atom stereocenters. The molecule has 0 spiro atoms. The Morgan fingerprint density at radius 2 is 2.40 bits per heavy atom. The van der Waals surface area contributed by atoms with E-state index in [1.807, 2.05) is 11.8 Å². The van der Waals surface area contributed by atoms with E-state index in [1.54, 1.807) is 0 Å². The lowest BCUT2D eigenvalue weighted by Gasteiger charge is -2.30. The summed E-state index contributed by atoms with van der Waals surface area (Å²) in [5.74, 6) is 0.0858. The van der Waals surface area contributed by atoms with Gasteiger partial charge in [-0.15, -0.1) is 0 Å². The van der Waals surface area contributed by atoms with Gasteiger partial charge in [-0.1, -0.05) is 0 Å². The van der Waals surface area contributed by atoms with Crippen LogP contribution in [0.25, 0.3) is 0 Å². The van der Waals surface area contributed by atoms with Crippen molar-refractivity contribution in [3.05, 3.63) is 0 Å². The van der Waals surface area contributed by atoms with Crippen LogP contribution in [0.2, 0.25) is 0 Å². The summed E-state index contributed by atoms with van der Waals surface area (Å²) in [6, 6.07) is 0.258. The smallest absolute Gasteiger partial charge is 0.253 e. The molecule has 2 aliphatic rings. The molecule has 2 fully saturated rings. The second-order valence-corrected chi connectivity index (χ2v) is 4.29. The summed E-state index contributed by atoms with van der Waals surface area (Å²) >= 11 is 0. The standard InChI is InChI=1S/C10H19N3O2/c1-7-8(11)2-4-13(7)10(14)9-6-12-3-5-15-9/h7-9,12H,2-6,11H2,1H3. The van der Waals surface area contributed by atoms with Crippen molar-refractivity contribution >= 4 is 5.91 Å². The molecule has 0 aromatic heterocycles. The lowest BCUT2D eigenvalue weighted by atomic mass is 10.1. The zero-order valence-electron chi connectivity index (χ0n) is 9.11. The van der Waals surface area contributed by atoms with E-state index >= 15 is 0 Å². The summed E-state index contributed by atoms with van der Waals surface area (Å²) < 4.78 is 5.44. The second kappa shape index (κ2) is 4.47. The molecule has 5 heteroatoms. The third-order valence-corrected chi connectivity index (χ3v) is 3.30. The first-order chi connectivity index (χ1) is 7.20. The number of ether oxygens (including phenoxy) is 1. The number of nitrogens with two attached hydrogens (primary N) is 1. The minimum atomic E-state index is -0.313. The Morgan fingerprint density at radius 3 is 2.93 bits per heavy atom. The average Bonchev–Trinajstić information content (AvgIpc) is 2.60. The Labute approximate surface area is 89.9 Å². The van der Waals surface area contributed by atoms with E-state index in [4.69, 9.17) is 10.5 Å². The molecule has 0 bridgehead atoms. The molecule has 5 nitrogen and oxygen atoms in total. The third-order valence-electron chi connectivity index (χ3n) is 3.30. The monoisotopic (exact) mass is 213 g/mol. The minimum absolute atomic E-state index is 0.0858. The van der Waals surface area contributed by atoms with E-state index in [9.17, 15) is 4.79 Å². The molecular weight excluding hydrogens is 194 g/mol. The van der Waals surface area contributed by atoms with Gasteiger partial charge in [0.05, 0.1) is 6.61 Å². The first-order valence-electron chi connectivity index (χ1n) is 5.58. The molecule has 0 aliphatic carbocycles. The Bertz CT molecular complexity index is 241. The van der Waals surface area contributed by atoms with Gasteiger partial charge in [-0.2, -0.15) is 0 Å². The number of amides is 1. The van der Waals surface area contributed by atoms with Gasteiger partial charge < -0.3 is 20.7 Å². The van der Waals surface area contributed by atoms with E-state index < -0.39 is 0 Å². The van der Waals surface area contributed by atoms with Gasteiger partial charge in [0.2, 0.25) is 0 Å². The SMILES string of the molecule is CC1C(N)CCN1C(=O)C1CNCCO1. The maximum Gasteiger partial charge on any atom is 0.253 e. The molecule has 0 radical (unpaired) electrons. The van der Waals surface area contributed by atoms with Gasteiger partial charge in [0.1, 0.15) is 6.10 Å². The fraction of sp³-hybridized carbons (Fsp3) is 0.900.